The molecule has 1 aromatic heterocycles. The van der Waals surface area contributed by atoms with E-state index in [1.807, 2.05) is 38.1 Å². The van der Waals surface area contributed by atoms with Gasteiger partial charge in [0.05, 0.1) is 12.6 Å². The highest BCUT2D eigenvalue weighted by molar-refractivity contribution is 5.94. The van der Waals surface area contributed by atoms with E-state index in [0.717, 1.165) is 35.6 Å². The first-order valence-electron chi connectivity index (χ1n) is 8.77. The van der Waals surface area contributed by atoms with Crippen LogP contribution >= 0.6 is 0 Å². The van der Waals surface area contributed by atoms with Crippen molar-refractivity contribution in [2.24, 2.45) is 0 Å². The second-order valence-electron chi connectivity index (χ2n) is 6.51. The Morgan fingerprint density at radius 1 is 1.31 bits per heavy atom. The highest BCUT2D eigenvalue weighted by atomic mass is 16.5. The second-order valence-corrected chi connectivity index (χ2v) is 6.51. The fourth-order valence-electron chi connectivity index (χ4n) is 3.37. The third kappa shape index (κ3) is 3.77. The molecule has 3 N–H and O–H groups in total. The van der Waals surface area contributed by atoms with Crippen LogP contribution in [0.15, 0.2) is 24.3 Å². The number of carbonyl (C=O) groups excluding carboxylic acids is 1. The molecular formula is C19H25N5O2. The Morgan fingerprint density at radius 2 is 2.12 bits per heavy atom. The molecule has 0 bridgehead atoms. The van der Waals surface area contributed by atoms with Crippen LogP contribution in [0.3, 0.4) is 0 Å². The van der Waals surface area contributed by atoms with Crippen molar-refractivity contribution < 1.29 is 9.53 Å². The lowest BCUT2D eigenvalue weighted by Crippen LogP contribution is -2.32. The van der Waals surface area contributed by atoms with E-state index in [9.17, 15) is 4.79 Å². The Bertz CT molecular complexity index is 788. The van der Waals surface area contributed by atoms with Crippen molar-refractivity contribution >= 4 is 17.7 Å². The average molecular weight is 355 g/mol. The predicted octanol–water partition coefficient (Wildman–Crippen LogP) is 2.00. The number of nitrogens with zero attached hydrogens (tertiary/aromatic N) is 3. The van der Waals surface area contributed by atoms with Gasteiger partial charge < -0.3 is 20.7 Å². The van der Waals surface area contributed by atoms with Crippen LogP contribution in [0.5, 0.6) is 0 Å². The van der Waals surface area contributed by atoms with Crippen LogP contribution in [0, 0.1) is 13.8 Å². The summed E-state index contributed by atoms with van der Waals surface area (Å²) in [5, 5.41) is 2.66. The van der Waals surface area contributed by atoms with Crippen molar-refractivity contribution in [2.45, 2.75) is 26.3 Å². The van der Waals surface area contributed by atoms with E-state index in [-0.39, 0.29) is 17.9 Å². The third-order valence-corrected chi connectivity index (χ3v) is 4.61. The molecule has 138 valence electrons. The Morgan fingerprint density at radius 3 is 2.81 bits per heavy atom. The van der Waals surface area contributed by atoms with Gasteiger partial charge in [0.2, 0.25) is 5.95 Å². The Labute approximate surface area is 153 Å². The molecule has 1 aliphatic heterocycles. The predicted molar refractivity (Wildman–Crippen MR) is 101 cm³/mol. The molecule has 2 aromatic rings. The number of amides is 1. The number of aryl methyl sites for hydroxylation is 2. The van der Waals surface area contributed by atoms with Gasteiger partial charge >= 0.3 is 0 Å². The first-order chi connectivity index (χ1) is 12.5. The zero-order valence-electron chi connectivity index (χ0n) is 15.5. The zero-order valence-corrected chi connectivity index (χ0v) is 15.5. The van der Waals surface area contributed by atoms with Crippen LogP contribution in [-0.4, -0.2) is 42.7 Å². The molecule has 0 aliphatic carbocycles. The summed E-state index contributed by atoms with van der Waals surface area (Å²) in [6, 6.07) is 7.72. The average Bonchev–Trinajstić information content (AvgIpc) is 2.86. The van der Waals surface area contributed by atoms with Gasteiger partial charge in [0.25, 0.3) is 5.91 Å². The molecule has 1 aromatic carbocycles. The maximum atomic E-state index is 11.9. The molecule has 1 saturated heterocycles. The number of carbonyl (C=O) groups is 1. The number of aromatic nitrogens is 2. The summed E-state index contributed by atoms with van der Waals surface area (Å²) in [5.41, 5.74) is 9.52. The highest BCUT2D eigenvalue weighted by Gasteiger charge is 2.26. The molecule has 7 heteroatoms. The van der Waals surface area contributed by atoms with Crippen molar-refractivity contribution in [3.8, 4) is 0 Å². The monoisotopic (exact) mass is 355 g/mol. The van der Waals surface area contributed by atoms with Crippen molar-refractivity contribution in [1.29, 1.82) is 0 Å². The molecule has 26 heavy (non-hydrogen) atoms. The second kappa shape index (κ2) is 7.70. The largest absolute Gasteiger partial charge is 0.379 e. The molecule has 1 amide bonds. The van der Waals surface area contributed by atoms with Gasteiger partial charge in [-0.1, -0.05) is 6.07 Å². The molecule has 0 saturated carbocycles. The summed E-state index contributed by atoms with van der Waals surface area (Å²) in [4.78, 5) is 22.7. The minimum Gasteiger partial charge on any atom is -0.379 e. The molecule has 3 rings (SSSR count). The van der Waals surface area contributed by atoms with Crippen molar-refractivity contribution in [1.82, 2.24) is 15.3 Å². The number of ether oxygens (including phenoxy) is 1. The van der Waals surface area contributed by atoms with Crippen LogP contribution in [0.1, 0.15) is 39.6 Å². The fourth-order valence-corrected chi connectivity index (χ4v) is 3.37. The first kappa shape index (κ1) is 18.1. The van der Waals surface area contributed by atoms with E-state index in [2.05, 4.69) is 20.2 Å². The van der Waals surface area contributed by atoms with Gasteiger partial charge in [0.1, 0.15) is 5.82 Å². The highest BCUT2D eigenvalue weighted by Crippen LogP contribution is 2.31. The summed E-state index contributed by atoms with van der Waals surface area (Å²) in [6.07, 6.45) is 0.912. The summed E-state index contributed by atoms with van der Waals surface area (Å²) in [6.45, 7) is 6.01. The lowest BCUT2D eigenvalue weighted by atomic mass is 9.97. The molecule has 1 aliphatic rings. The van der Waals surface area contributed by atoms with E-state index in [4.69, 9.17) is 10.5 Å². The molecule has 0 radical (unpaired) electrons. The molecule has 2 heterocycles. The molecule has 1 fully saturated rings. The number of anilines is 2. The van der Waals surface area contributed by atoms with Crippen LogP contribution in [-0.2, 0) is 4.74 Å². The maximum Gasteiger partial charge on any atom is 0.251 e. The fraction of sp³-hybridized carbons (Fsp3) is 0.421. The topological polar surface area (TPSA) is 93.4 Å². The normalized spacial score (nSPS) is 17.7. The number of nitrogen functional groups attached to an aromatic ring is 1. The van der Waals surface area contributed by atoms with Gasteiger partial charge in [-0.25, -0.2) is 4.98 Å². The van der Waals surface area contributed by atoms with Crippen LogP contribution < -0.4 is 16.0 Å². The van der Waals surface area contributed by atoms with Crippen LogP contribution in [0.4, 0.5) is 11.8 Å². The number of nitrogens with two attached hydrogens (primary N) is 1. The molecule has 7 nitrogen and oxygen atoms in total. The van der Waals surface area contributed by atoms with E-state index >= 15 is 0 Å². The molecule has 1 atom stereocenters. The standard InChI is InChI=1S/C19H25N5O2/c1-12-9-14(18(25)21-3)5-6-15(12)16-11-26-8-4-7-24(16)17-10-13(2)22-19(20)23-17/h5-6,9-10,16H,4,7-8,11H2,1-3H3,(H,21,25)(H2,20,22,23). The minimum absolute atomic E-state index is 0.00457. The van der Waals surface area contributed by atoms with Gasteiger partial charge in [0.15, 0.2) is 0 Å². The quantitative estimate of drug-likeness (QED) is 0.875. The maximum absolute atomic E-state index is 11.9. The van der Waals surface area contributed by atoms with Crippen LogP contribution in [0.25, 0.3) is 0 Å². The van der Waals surface area contributed by atoms with Gasteiger partial charge in [-0.3, -0.25) is 4.79 Å². The van der Waals surface area contributed by atoms with Gasteiger partial charge in [-0.2, -0.15) is 4.98 Å². The Hall–Kier alpha value is -2.67. The summed E-state index contributed by atoms with van der Waals surface area (Å²) < 4.78 is 5.83. The summed E-state index contributed by atoms with van der Waals surface area (Å²) >= 11 is 0. The van der Waals surface area contributed by atoms with Crippen molar-refractivity contribution in [2.75, 3.05) is 37.4 Å². The van der Waals surface area contributed by atoms with Crippen molar-refractivity contribution in [3.63, 3.8) is 0 Å². The van der Waals surface area contributed by atoms with Crippen molar-refractivity contribution in [3.05, 3.63) is 46.6 Å². The molecule has 0 spiro atoms. The number of hydrogen-bond acceptors (Lipinski definition) is 6. The summed E-state index contributed by atoms with van der Waals surface area (Å²) in [5.74, 6) is 0.990. The van der Waals surface area contributed by atoms with Gasteiger partial charge in [-0.05, 0) is 43.5 Å². The van der Waals surface area contributed by atoms with Gasteiger partial charge in [-0.15, -0.1) is 0 Å². The Kier molecular flexibility index (Phi) is 5.37. The Balaban J connectivity index is 2.00. The third-order valence-electron chi connectivity index (χ3n) is 4.61. The lowest BCUT2D eigenvalue weighted by Gasteiger charge is -2.32. The zero-order chi connectivity index (χ0) is 18.7. The smallest absolute Gasteiger partial charge is 0.251 e. The number of nitrogens with one attached hydrogen (secondary N) is 1. The number of benzene rings is 1. The lowest BCUT2D eigenvalue weighted by molar-refractivity contribution is 0.0963. The number of hydrogen-bond donors (Lipinski definition) is 2. The van der Waals surface area contributed by atoms with E-state index < -0.39 is 0 Å². The first-order valence-corrected chi connectivity index (χ1v) is 8.77. The minimum atomic E-state index is -0.0900. The molecule has 1 unspecified atom stereocenters. The van der Waals surface area contributed by atoms with E-state index in [1.54, 1.807) is 7.05 Å². The SMILES string of the molecule is CNC(=O)c1ccc(C2COCCCN2c2cc(C)nc(N)n2)c(C)c1. The summed E-state index contributed by atoms with van der Waals surface area (Å²) in [7, 11) is 1.63. The number of rotatable bonds is 3. The molecular weight excluding hydrogens is 330 g/mol. The van der Waals surface area contributed by atoms with Gasteiger partial charge in [0, 0.05) is 37.5 Å². The van der Waals surface area contributed by atoms with E-state index in [0.29, 0.717) is 18.8 Å². The van der Waals surface area contributed by atoms with Crippen LogP contribution in [0.2, 0.25) is 0 Å². The van der Waals surface area contributed by atoms with E-state index in [1.165, 1.54) is 0 Å².